The van der Waals surface area contributed by atoms with E-state index in [2.05, 4.69) is 5.32 Å². The molecule has 0 unspecified atom stereocenters. The van der Waals surface area contributed by atoms with Gasteiger partial charge in [0.15, 0.2) is 6.10 Å². The fraction of sp³-hybridized carbons (Fsp3) is 0.353. The number of carboxylic acid groups (broad SMARTS) is 1. The molecule has 1 amide bonds. The molecule has 1 aromatic heterocycles. The van der Waals surface area contributed by atoms with Crippen molar-refractivity contribution in [2.24, 2.45) is 0 Å². The van der Waals surface area contributed by atoms with Gasteiger partial charge in [-0.15, -0.1) is 0 Å². The van der Waals surface area contributed by atoms with Crippen LogP contribution in [0.5, 0.6) is 5.75 Å². The standard InChI is InChI=1S/C17H19NO6/c1-3-11-8-16(21)24-14-9-12(4-5-13(11)14)23-10(2)17(22)18-7-6-15(19)20/h4-5,8-10H,3,6-7H2,1-2H3,(H,18,22)(H,19,20)/t10-/m1/s1. The summed E-state index contributed by atoms with van der Waals surface area (Å²) in [6.07, 6.45) is -0.262. The van der Waals surface area contributed by atoms with E-state index in [1.165, 1.54) is 6.07 Å². The second-order valence-electron chi connectivity index (χ2n) is 5.30. The third kappa shape index (κ3) is 4.34. The van der Waals surface area contributed by atoms with Crippen LogP contribution in [-0.4, -0.2) is 29.6 Å². The van der Waals surface area contributed by atoms with Gasteiger partial charge < -0.3 is 19.6 Å². The fourth-order valence-electron chi connectivity index (χ4n) is 2.27. The summed E-state index contributed by atoms with van der Waals surface area (Å²) < 4.78 is 10.7. The number of carboxylic acids is 1. The summed E-state index contributed by atoms with van der Waals surface area (Å²) in [4.78, 5) is 33.8. The van der Waals surface area contributed by atoms with E-state index in [9.17, 15) is 14.4 Å². The molecule has 24 heavy (non-hydrogen) atoms. The first-order chi connectivity index (χ1) is 11.4. The third-order valence-corrected chi connectivity index (χ3v) is 3.50. The van der Waals surface area contributed by atoms with Crippen LogP contribution in [0.15, 0.2) is 33.5 Å². The number of hydrogen-bond acceptors (Lipinski definition) is 5. The second kappa shape index (κ2) is 7.63. The zero-order chi connectivity index (χ0) is 17.7. The molecule has 0 saturated heterocycles. The smallest absolute Gasteiger partial charge is 0.336 e. The molecular weight excluding hydrogens is 314 g/mol. The summed E-state index contributed by atoms with van der Waals surface area (Å²) in [7, 11) is 0. The van der Waals surface area contributed by atoms with Gasteiger partial charge in [0.2, 0.25) is 0 Å². The van der Waals surface area contributed by atoms with Gasteiger partial charge in [-0.3, -0.25) is 9.59 Å². The summed E-state index contributed by atoms with van der Waals surface area (Å²) in [6, 6.07) is 6.50. The van der Waals surface area contributed by atoms with E-state index >= 15 is 0 Å². The minimum atomic E-state index is -0.986. The van der Waals surface area contributed by atoms with E-state index < -0.39 is 23.6 Å². The lowest BCUT2D eigenvalue weighted by molar-refractivity contribution is -0.137. The maximum Gasteiger partial charge on any atom is 0.336 e. The molecule has 1 heterocycles. The SMILES string of the molecule is CCc1cc(=O)oc2cc(O[C@H](C)C(=O)NCCC(=O)O)ccc12. The Labute approximate surface area is 138 Å². The van der Waals surface area contributed by atoms with E-state index in [-0.39, 0.29) is 13.0 Å². The predicted octanol–water partition coefficient (Wildman–Crippen LogP) is 1.71. The molecule has 0 radical (unpaired) electrons. The van der Waals surface area contributed by atoms with E-state index in [1.54, 1.807) is 25.1 Å². The minimum Gasteiger partial charge on any atom is -0.481 e. The molecule has 1 aromatic carbocycles. The first-order valence-corrected chi connectivity index (χ1v) is 7.63. The number of nitrogens with one attached hydrogen (secondary N) is 1. The molecule has 0 saturated carbocycles. The lowest BCUT2D eigenvalue weighted by Gasteiger charge is -2.15. The molecule has 128 valence electrons. The van der Waals surface area contributed by atoms with Crippen molar-refractivity contribution in [3.8, 4) is 5.75 Å². The quantitative estimate of drug-likeness (QED) is 0.747. The lowest BCUT2D eigenvalue weighted by atomic mass is 10.1. The van der Waals surface area contributed by atoms with Gasteiger partial charge in [0.25, 0.3) is 5.91 Å². The largest absolute Gasteiger partial charge is 0.481 e. The van der Waals surface area contributed by atoms with E-state index in [1.807, 2.05) is 6.92 Å². The molecule has 7 nitrogen and oxygen atoms in total. The van der Waals surface area contributed by atoms with Crippen molar-refractivity contribution in [2.45, 2.75) is 32.8 Å². The molecule has 2 aromatic rings. The number of fused-ring (bicyclic) bond motifs is 1. The Morgan fingerprint density at radius 2 is 2.08 bits per heavy atom. The molecule has 2 rings (SSSR count). The van der Waals surface area contributed by atoms with Crippen LogP contribution in [0.2, 0.25) is 0 Å². The van der Waals surface area contributed by atoms with Gasteiger partial charge in [0.1, 0.15) is 11.3 Å². The highest BCUT2D eigenvalue weighted by Gasteiger charge is 2.15. The van der Waals surface area contributed by atoms with Crippen LogP contribution in [0.3, 0.4) is 0 Å². The monoisotopic (exact) mass is 333 g/mol. The van der Waals surface area contributed by atoms with Crippen molar-refractivity contribution in [1.29, 1.82) is 0 Å². The van der Waals surface area contributed by atoms with Gasteiger partial charge in [-0.1, -0.05) is 6.92 Å². The Balaban J connectivity index is 2.11. The van der Waals surface area contributed by atoms with Crippen LogP contribution in [-0.2, 0) is 16.0 Å². The van der Waals surface area contributed by atoms with Crippen LogP contribution < -0.4 is 15.7 Å². The van der Waals surface area contributed by atoms with Gasteiger partial charge >= 0.3 is 11.6 Å². The molecule has 7 heteroatoms. The summed E-state index contributed by atoms with van der Waals surface area (Å²) in [6.45, 7) is 3.54. The van der Waals surface area contributed by atoms with Gasteiger partial charge in [-0.25, -0.2) is 4.79 Å². The van der Waals surface area contributed by atoms with Crippen molar-refractivity contribution in [3.05, 3.63) is 40.2 Å². The Morgan fingerprint density at radius 3 is 2.75 bits per heavy atom. The van der Waals surface area contributed by atoms with E-state index in [0.29, 0.717) is 17.8 Å². The Kier molecular flexibility index (Phi) is 5.57. The number of carbonyl (C=O) groups excluding carboxylic acids is 1. The fourth-order valence-corrected chi connectivity index (χ4v) is 2.27. The number of aliphatic carboxylic acids is 1. The number of carbonyl (C=O) groups is 2. The first kappa shape index (κ1) is 17.5. The van der Waals surface area contributed by atoms with Gasteiger partial charge in [0, 0.05) is 24.1 Å². The Morgan fingerprint density at radius 1 is 1.33 bits per heavy atom. The van der Waals surface area contributed by atoms with Crippen LogP contribution in [0.1, 0.15) is 25.8 Å². The van der Waals surface area contributed by atoms with Crippen molar-refractivity contribution in [1.82, 2.24) is 5.32 Å². The van der Waals surface area contributed by atoms with Gasteiger partial charge in [0.05, 0.1) is 6.42 Å². The van der Waals surface area contributed by atoms with Crippen LogP contribution in [0.4, 0.5) is 0 Å². The normalized spacial score (nSPS) is 11.9. The molecule has 0 aliphatic carbocycles. The number of amides is 1. The minimum absolute atomic E-state index is 0.0360. The molecule has 0 spiro atoms. The highest BCUT2D eigenvalue weighted by Crippen LogP contribution is 2.23. The summed E-state index contributed by atoms with van der Waals surface area (Å²) in [5, 5.41) is 11.8. The van der Waals surface area contributed by atoms with E-state index in [0.717, 1.165) is 10.9 Å². The van der Waals surface area contributed by atoms with Crippen molar-refractivity contribution < 1.29 is 23.8 Å². The predicted molar refractivity (Wildman–Crippen MR) is 87.2 cm³/mol. The Bertz CT molecular complexity index is 810. The van der Waals surface area contributed by atoms with Crippen LogP contribution >= 0.6 is 0 Å². The summed E-state index contributed by atoms with van der Waals surface area (Å²) in [5.74, 6) is -1.01. The molecule has 1 atom stereocenters. The summed E-state index contributed by atoms with van der Waals surface area (Å²) >= 11 is 0. The maximum absolute atomic E-state index is 11.8. The first-order valence-electron chi connectivity index (χ1n) is 7.63. The van der Waals surface area contributed by atoms with Crippen molar-refractivity contribution in [3.63, 3.8) is 0 Å². The number of hydrogen-bond donors (Lipinski definition) is 2. The molecule has 0 aliphatic rings. The lowest BCUT2D eigenvalue weighted by Crippen LogP contribution is -2.37. The topological polar surface area (TPSA) is 106 Å². The molecule has 0 fully saturated rings. The molecule has 0 aliphatic heterocycles. The average Bonchev–Trinajstić information content (AvgIpc) is 2.53. The molecule has 0 bridgehead atoms. The average molecular weight is 333 g/mol. The maximum atomic E-state index is 11.8. The third-order valence-electron chi connectivity index (χ3n) is 3.50. The second-order valence-corrected chi connectivity index (χ2v) is 5.30. The summed E-state index contributed by atoms with van der Waals surface area (Å²) in [5.41, 5.74) is 0.846. The highest BCUT2D eigenvalue weighted by molar-refractivity contribution is 5.83. The number of rotatable bonds is 7. The number of aryl methyl sites for hydroxylation is 1. The highest BCUT2D eigenvalue weighted by atomic mass is 16.5. The molecule has 2 N–H and O–H groups in total. The van der Waals surface area contributed by atoms with Crippen LogP contribution in [0, 0.1) is 0 Å². The van der Waals surface area contributed by atoms with Crippen LogP contribution in [0.25, 0.3) is 11.0 Å². The Hall–Kier alpha value is -2.83. The number of ether oxygens (including phenoxy) is 1. The zero-order valence-corrected chi connectivity index (χ0v) is 13.5. The van der Waals surface area contributed by atoms with E-state index in [4.69, 9.17) is 14.3 Å². The number of benzene rings is 1. The molecular formula is C17H19NO6. The van der Waals surface area contributed by atoms with Gasteiger partial charge in [-0.05, 0) is 31.0 Å². The van der Waals surface area contributed by atoms with Gasteiger partial charge in [-0.2, -0.15) is 0 Å². The van der Waals surface area contributed by atoms with Crippen molar-refractivity contribution >= 4 is 22.8 Å². The zero-order valence-electron chi connectivity index (χ0n) is 13.5. The van der Waals surface area contributed by atoms with Crippen molar-refractivity contribution in [2.75, 3.05) is 6.54 Å².